The molecule has 0 bridgehead atoms. The summed E-state index contributed by atoms with van der Waals surface area (Å²) in [5.41, 5.74) is 0.266. The van der Waals surface area contributed by atoms with Crippen LogP contribution in [0.4, 0.5) is 26.3 Å². The minimum atomic E-state index is -4.53. The largest absolute Gasteiger partial charge is 0.417 e. The van der Waals surface area contributed by atoms with Gasteiger partial charge in [-0.25, -0.2) is 0 Å². The maximum Gasteiger partial charge on any atom is 0.417 e. The Kier molecular flexibility index (Phi) is 5.13. The number of alkyl halides is 6. The van der Waals surface area contributed by atoms with E-state index in [4.69, 9.17) is 23.2 Å². The molecular weight excluding hydrogens is 449 g/mol. The van der Waals surface area contributed by atoms with Crippen LogP contribution in [0.2, 0.25) is 10.0 Å². The number of rotatable bonds is 3. The van der Waals surface area contributed by atoms with Gasteiger partial charge in [-0.15, -0.1) is 0 Å². The Balaban J connectivity index is 1.56. The molecule has 0 aromatic heterocycles. The smallest absolute Gasteiger partial charge is 0.166 e. The first-order chi connectivity index (χ1) is 13.8. The van der Waals surface area contributed by atoms with Crippen molar-refractivity contribution < 1.29 is 26.3 Å². The minimum absolute atomic E-state index is 0.0391. The lowest BCUT2D eigenvalue weighted by molar-refractivity contribution is -0.138. The van der Waals surface area contributed by atoms with Crippen LogP contribution in [0.1, 0.15) is 58.1 Å². The molecule has 4 unspecified atom stereocenters. The molecule has 2 fully saturated rings. The summed E-state index contributed by atoms with van der Waals surface area (Å²) in [6.45, 7) is 3.09. The van der Waals surface area contributed by atoms with Crippen LogP contribution in [-0.4, -0.2) is 0 Å². The average molecular weight is 467 g/mol. The summed E-state index contributed by atoms with van der Waals surface area (Å²) >= 11 is 12.1. The van der Waals surface area contributed by atoms with E-state index >= 15 is 0 Å². The predicted octanol–water partition coefficient (Wildman–Crippen LogP) is 8.56. The van der Waals surface area contributed by atoms with Gasteiger partial charge in [-0.1, -0.05) is 29.3 Å². The maximum atomic E-state index is 13.3. The molecular formula is C22H18Cl2F6. The van der Waals surface area contributed by atoms with Crippen LogP contribution in [0.15, 0.2) is 24.3 Å². The minimum Gasteiger partial charge on any atom is -0.166 e. The SMILES string of the molecule is Cc1cc(C(F)(F)F)cc(C2CC2C2CC2c2cc(C)c(Cl)c(C(F)(F)F)c2)c1Cl. The number of aryl methyl sites for hydroxylation is 2. The highest BCUT2D eigenvalue weighted by atomic mass is 35.5. The second-order valence-corrected chi connectivity index (χ2v) is 9.16. The zero-order valence-electron chi connectivity index (χ0n) is 16.1. The molecule has 0 heterocycles. The van der Waals surface area contributed by atoms with Crippen molar-refractivity contribution in [2.75, 3.05) is 0 Å². The molecule has 0 N–H and O–H groups in total. The summed E-state index contributed by atoms with van der Waals surface area (Å²) in [5, 5.41) is 0.0494. The number of benzene rings is 2. The first-order valence-electron chi connectivity index (χ1n) is 9.53. The second-order valence-electron chi connectivity index (χ2n) is 8.40. The van der Waals surface area contributed by atoms with Crippen LogP contribution >= 0.6 is 23.2 Å². The molecule has 2 aliphatic rings. The number of hydrogen-bond donors (Lipinski definition) is 0. The summed E-state index contributed by atoms with van der Waals surface area (Å²) in [7, 11) is 0. The van der Waals surface area contributed by atoms with Crippen molar-refractivity contribution in [1.29, 1.82) is 0 Å². The van der Waals surface area contributed by atoms with Gasteiger partial charge in [0.05, 0.1) is 16.1 Å². The highest BCUT2D eigenvalue weighted by molar-refractivity contribution is 6.32. The molecule has 0 amide bonds. The van der Waals surface area contributed by atoms with Gasteiger partial charge in [-0.3, -0.25) is 0 Å². The van der Waals surface area contributed by atoms with Crippen molar-refractivity contribution in [2.24, 2.45) is 11.8 Å². The van der Waals surface area contributed by atoms with Gasteiger partial charge in [-0.2, -0.15) is 26.3 Å². The Labute approximate surface area is 180 Å². The Morgan fingerprint density at radius 3 is 1.90 bits per heavy atom. The first-order valence-corrected chi connectivity index (χ1v) is 10.3. The molecule has 0 aliphatic heterocycles. The van der Waals surface area contributed by atoms with Crippen molar-refractivity contribution in [3.8, 4) is 0 Å². The third-order valence-electron chi connectivity index (χ3n) is 6.25. The molecule has 2 aromatic rings. The average Bonchev–Trinajstić information content (AvgIpc) is 3.49. The first kappa shape index (κ1) is 21.8. The van der Waals surface area contributed by atoms with E-state index in [1.54, 1.807) is 19.9 Å². The number of halogens is 8. The molecule has 2 aliphatic carbocycles. The van der Waals surface area contributed by atoms with E-state index in [-0.39, 0.29) is 28.7 Å². The standard InChI is InChI=1S/C22H18Cl2F6/c1-9-3-11(5-18(20(9)24)22(28,29)30)13-7-14(13)15-8-16(15)17-6-12(21(25,26)27)4-10(2)19(17)23/h3-6,13-16H,7-8H2,1-2H3. The van der Waals surface area contributed by atoms with Crippen LogP contribution in [0.5, 0.6) is 0 Å². The zero-order chi connectivity index (χ0) is 22.2. The molecule has 30 heavy (non-hydrogen) atoms. The quantitative estimate of drug-likeness (QED) is 0.397. The molecule has 2 aromatic carbocycles. The van der Waals surface area contributed by atoms with E-state index in [9.17, 15) is 26.3 Å². The highest BCUT2D eigenvalue weighted by Gasteiger charge is 2.55. The van der Waals surface area contributed by atoms with Gasteiger partial charge in [-0.05, 0) is 90.8 Å². The van der Waals surface area contributed by atoms with Crippen molar-refractivity contribution in [1.82, 2.24) is 0 Å². The van der Waals surface area contributed by atoms with Gasteiger partial charge < -0.3 is 0 Å². The molecule has 0 radical (unpaired) electrons. The molecule has 162 valence electrons. The summed E-state index contributed by atoms with van der Waals surface area (Å²) in [6.07, 6.45) is -7.58. The normalized spacial score (nSPS) is 26.1. The third kappa shape index (κ3) is 3.93. The van der Waals surface area contributed by atoms with Crippen LogP contribution in [0.3, 0.4) is 0 Å². The Morgan fingerprint density at radius 1 is 0.733 bits per heavy atom. The fourth-order valence-corrected chi connectivity index (χ4v) is 5.03. The fraction of sp³-hybridized carbons (Fsp3) is 0.455. The Bertz CT molecular complexity index is 1010. The summed E-state index contributed by atoms with van der Waals surface area (Å²) in [4.78, 5) is 0. The van der Waals surface area contributed by atoms with Gasteiger partial charge >= 0.3 is 12.4 Å². The molecule has 0 spiro atoms. The summed E-state index contributed by atoms with van der Waals surface area (Å²) in [5.74, 6) is 0.134. The molecule has 0 nitrogen and oxygen atoms in total. The monoisotopic (exact) mass is 466 g/mol. The van der Waals surface area contributed by atoms with E-state index in [0.717, 1.165) is 24.6 Å². The van der Waals surface area contributed by atoms with Crippen LogP contribution in [0.25, 0.3) is 0 Å². The summed E-state index contributed by atoms with van der Waals surface area (Å²) in [6, 6.07) is 4.95. The predicted molar refractivity (Wildman–Crippen MR) is 104 cm³/mol. The summed E-state index contributed by atoms with van der Waals surface area (Å²) < 4.78 is 79.3. The Morgan fingerprint density at radius 2 is 1.30 bits per heavy atom. The van der Waals surface area contributed by atoms with Crippen molar-refractivity contribution in [3.63, 3.8) is 0 Å². The van der Waals surface area contributed by atoms with Gasteiger partial charge in [0, 0.05) is 5.02 Å². The van der Waals surface area contributed by atoms with E-state index in [1.165, 1.54) is 0 Å². The van der Waals surface area contributed by atoms with Crippen molar-refractivity contribution >= 4 is 23.2 Å². The Hall–Kier alpha value is -1.40. The molecule has 8 heteroatoms. The van der Waals surface area contributed by atoms with Gasteiger partial charge in [0.2, 0.25) is 0 Å². The lowest BCUT2D eigenvalue weighted by Gasteiger charge is -2.14. The van der Waals surface area contributed by atoms with E-state index in [2.05, 4.69) is 0 Å². The zero-order valence-corrected chi connectivity index (χ0v) is 17.6. The van der Waals surface area contributed by atoms with Crippen molar-refractivity contribution in [2.45, 2.75) is 50.9 Å². The fourth-order valence-electron chi connectivity index (χ4n) is 4.56. The maximum absolute atomic E-state index is 13.3. The molecule has 0 saturated heterocycles. The van der Waals surface area contributed by atoms with Gasteiger partial charge in [0.15, 0.2) is 0 Å². The van der Waals surface area contributed by atoms with Gasteiger partial charge in [0.25, 0.3) is 0 Å². The number of hydrogen-bond acceptors (Lipinski definition) is 0. The van der Waals surface area contributed by atoms with Gasteiger partial charge in [0.1, 0.15) is 0 Å². The van der Waals surface area contributed by atoms with E-state index < -0.39 is 23.5 Å². The highest BCUT2D eigenvalue weighted by Crippen LogP contribution is 2.66. The molecule has 2 saturated carbocycles. The topological polar surface area (TPSA) is 0 Å². The van der Waals surface area contributed by atoms with E-state index in [1.807, 2.05) is 0 Å². The van der Waals surface area contributed by atoms with E-state index in [0.29, 0.717) is 33.7 Å². The van der Waals surface area contributed by atoms with Crippen LogP contribution in [-0.2, 0) is 12.4 Å². The second kappa shape index (κ2) is 7.06. The molecule has 4 rings (SSSR count). The van der Waals surface area contributed by atoms with Crippen molar-refractivity contribution in [3.05, 3.63) is 67.7 Å². The lowest BCUT2D eigenvalue weighted by Crippen LogP contribution is -2.08. The van der Waals surface area contributed by atoms with Crippen LogP contribution in [0, 0.1) is 25.7 Å². The molecule has 4 atom stereocenters. The van der Waals surface area contributed by atoms with Crippen LogP contribution < -0.4 is 0 Å². The lowest BCUT2D eigenvalue weighted by atomic mass is 9.98. The third-order valence-corrected chi connectivity index (χ3v) is 7.27.